The largest absolute Gasteiger partial charge is 0.459 e. The Morgan fingerprint density at radius 2 is 2.31 bits per heavy atom. The molecule has 6 nitrogen and oxygen atoms in total. The molecule has 2 aliphatic heterocycles. The summed E-state index contributed by atoms with van der Waals surface area (Å²) < 4.78 is 5.29. The lowest BCUT2D eigenvalue weighted by atomic mass is 9.77. The van der Waals surface area contributed by atoms with E-state index in [4.69, 9.17) is 4.42 Å². The Morgan fingerprint density at radius 3 is 3.00 bits per heavy atom. The molecule has 1 spiro atoms. The summed E-state index contributed by atoms with van der Waals surface area (Å²) in [4.78, 5) is 34.5. The predicted molar refractivity (Wildman–Crippen MR) is 95.8 cm³/mol. The molecule has 3 aliphatic rings. The molecular weight excluding hydrogens is 350 g/mol. The lowest BCUT2D eigenvalue weighted by Gasteiger charge is -2.27. The summed E-state index contributed by atoms with van der Waals surface area (Å²) >= 11 is 1.58. The van der Waals surface area contributed by atoms with E-state index in [0.717, 1.165) is 24.5 Å². The van der Waals surface area contributed by atoms with E-state index in [9.17, 15) is 9.59 Å². The number of aromatic nitrogens is 1. The van der Waals surface area contributed by atoms with Gasteiger partial charge in [-0.2, -0.15) is 0 Å². The smallest absolute Gasteiger partial charge is 0.289 e. The molecule has 4 heterocycles. The average molecular weight is 371 g/mol. The van der Waals surface area contributed by atoms with E-state index in [1.165, 1.54) is 19.1 Å². The first kappa shape index (κ1) is 16.1. The second-order valence-corrected chi connectivity index (χ2v) is 8.61. The number of amides is 2. The van der Waals surface area contributed by atoms with Crippen LogP contribution in [0.25, 0.3) is 0 Å². The maximum Gasteiger partial charge on any atom is 0.289 e. The zero-order chi connectivity index (χ0) is 17.7. The summed E-state index contributed by atoms with van der Waals surface area (Å²) in [6.45, 7) is 2.64. The van der Waals surface area contributed by atoms with Crippen LogP contribution in [0.1, 0.15) is 40.7 Å². The summed E-state index contributed by atoms with van der Waals surface area (Å²) in [6.07, 6.45) is 6.55. The number of nitrogens with zero attached hydrogens (tertiary/aromatic N) is 3. The molecule has 2 aromatic rings. The second kappa shape index (κ2) is 5.94. The van der Waals surface area contributed by atoms with Gasteiger partial charge in [0.25, 0.3) is 5.91 Å². The predicted octanol–water partition coefficient (Wildman–Crippen LogP) is 2.60. The monoisotopic (exact) mass is 371 g/mol. The van der Waals surface area contributed by atoms with Crippen molar-refractivity contribution >= 4 is 23.2 Å². The first-order chi connectivity index (χ1) is 12.7. The minimum absolute atomic E-state index is 0.0295. The molecule has 1 aliphatic carbocycles. The van der Waals surface area contributed by atoms with Gasteiger partial charge in [-0.1, -0.05) is 0 Å². The highest BCUT2D eigenvalue weighted by Crippen LogP contribution is 2.51. The molecule has 0 aromatic carbocycles. The number of furan rings is 1. The maximum atomic E-state index is 13.4. The third kappa shape index (κ3) is 2.48. The summed E-state index contributed by atoms with van der Waals surface area (Å²) in [6, 6.07) is 3.40. The molecule has 26 heavy (non-hydrogen) atoms. The highest BCUT2D eigenvalue weighted by Gasteiger charge is 2.59. The molecule has 2 amide bonds. The Morgan fingerprint density at radius 1 is 1.42 bits per heavy atom. The van der Waals surface area contributed by atoms with Crippen molar-refractivity contribution in [3.8, 4) is 0 Å². The van der Waals surface area contributed by atoms with Gasteiger partial charge in [-0.15, -0.1) is 11.3 Å². The average Bonchev–Trinajstić information content (AvgIpc) is 3.13. The quantitative estimate of drug-likeness (QED) is 0.829. The van der Waals surface area contributed by atoms with Crippen LogP contribution >= 0.6 is 11.3 Å². The second-order valence-electron chi connectivity index (χ2n) is 7.69. The van der Waals surface area contributed by atoms with Crippen molar-refractivity contribution in [2.75, 3.05) is 26.2 Å². The van der Waals surface area contributed by atoms with Gasteiger partial charge in [0.05, 0.1) is 16.7 Å². The topological polar surface area (TPSA) is 66.7 Å². The minimum atomic E-state index is -0.533. The first-order valence-electron chi connectivity index (χ1n) is 9.19. The van der Waals surface area contributed by atoms with E-state index >= 15 is 0 Å². The van der Waals surface area contributed by atoms with Crippen LogP contribution in [-0.2, 0) is 4.79 Å². The van der Waals surface area contributed by atoms with Crippen molar-refractivity contribution in [1.82, 2.24) is 14.8 Å². The molecule has 1 saturated carbocycles. The van der Waals surface area contributed by atoms with Gasteiger partial charge in [0.2, 0.25) is 5.91 Å². The number of carbonyl (C=O) groups excluding carboxylic acids is 2. The fourth-order valence-corrected chi connectivity index (χ4v) is 5.30. The fourth-order valence-electron chi connectivity index (χ4n) is 4.46. The van der Waals surface area contributed by atoms with Crippen molar-refractivity contribution in [1.29, 1.82) is 0 Å². The molecule has 5 rings (SSSR count). The zero-order valence-electron chi connectivity index (χ0n) is 14.5. The molecule has 2 saturated heterocycles. The first-order valence-corrected chi connectivity index (χ1v) is 10.1. The van der Waals surface area contributed by atoms with Gasteiger partial charge in [-0.05, 0) is 37.3 Å². The van der Waals surface area contributed by atoms with E-state index in [1.54, 1.807) is 34.6 Å². The van der Waals surface area contributed by atoms with Crippen LogP contribution in [0.5, 0.6) is 0 Å². The van der Waals surface area contributed by atoms with Crippen LogP contribution in [0, 0.1) is 11.3 Å². The molecular formula is C19H21N3O3S. The molecule has 7 heteroatoms. The Balaban J connectivity index is 1.46. The molecule has 3 fully saturated rings. The Kier molecular flexibility index (Phi) is 3.67. The van der Waals surface area contributed by atoms with Gasteiger partial charge in [0.1, 0.15) is 0 Å². The lowest BCUT2D eigenvalue weighted by molar-refractivity contribution is -0.136. The van der Waals surface area contributed by atoms with Gasteiger partial charge in [-0.3, -0.25) is 9.59 Å². The van der Waals surface area contributed by atoms with Crippen LogP contribution in [0.4, 0.5) is 0 Å². The molecule has 0 N–H and O–H groups in total. The third-order valence-corrected chi connectivity index (χ3v) is 6.92. The molecule has 136 valence electrons. The van der Waals surface area contributed by atoms with Crippen LogP contribution < -0.4 is 0 Å². The number of hydrogen-bond acceptors (Lipinski definition) is 5. The van der Waals surface area contributed by atoms with Gasteiger partial charge < -0.3 is 14.2 Å². The molecule has 2 aromatic heterocycles. The van der Waals surface area contributed by atoms with Gasteiger partial charge in [-0.25, -0.2) is 4.98 Å². The minimum Gasteiger partial charge on any atom is -0.459 e. The Hall–Kier alpha value is -2.15. The lowest BCUT2D eigenvalue weighted by Crippen LogP contribution is -2.40. The van der Waals surface area contributed by atoms with Crippen LogP contribution in [0.15, 0.2) is 34.4 Å². The highest BCUT2D eigenvalue weighted by molar-refractivity contribution is 7.09. The fraction of sp³-hybridized carbons (Fsp3) is 0.526. The summed E-state index contributed by atoms with van der Waals surface area (Å²) in [5, 5.41) is 2.91. The van der Waals surface area contributed by atoms with E-state index in [-0.39, 0.29) is 17.7 Å². The number of rotatable bonds is 4. The number of likely N-dealkylation sites (tertiary alicyclic amines) is 2. The Labute approximate surface area is 155 Å². The van der Waals surface area contributed by atoms with Crippen molar-refractivity contribution in [2.45, 2.75) is 25.2 Å². The Bertz CT molecular complexity index is 815. The van der Waals surface area contributed by atoms with Crippen molar-refractivity contribution in [3.05, 3.63) is 40.7 Å². The van der Waals surface area contributed by atoms with Crippen LogP contribution in [0.3, 0.4) is 0 Å². The zero-order valence-corrected chi connectivity index (χ0v) is 15.3. The standard InChI is InChI=1S/C19H21N3O3S/c23-17(15-2-1-8-25-15)22-11-14(16-20-6-9-26-16)19(12-22)5-7-21(18(19)24)10-13-3-4-13/h1-2,6,8-9,13-14H,3-5,7,10-12H2/t14-,19+/m0/s1. The summed E-state index contributed by atoms with van der Waals surface area (Å²) in [5.74, 6) is 1.05. The van der Waals surface area contributed by atoms with E-state index in [2.05, 4.69) is 4.98 Å². The summed E-state index contributed by atoms with van der Waals surface area (Å²) in [7, 11) is 0. The number of carbonyl (C=O) groups is 2. The van der Waals surface area contributed by atoms with Crippen molar-refractivity contribution in [2.24, 2.45) is 11.3 Å². The van der Waals surface area contributed by atoms with Crippen LogP contribution in [0.2, 0.25) is 0 Å². The van der Waals surface area contributed by atoms with Crippen molar-refractivity contribution < 1.29 is 14.0 Å². The number of thiazole rings is 1. The number of hydrogen-bond donors (Lipinski definition) is 0. The third-order valence-electron chi connectivity index (χ3n) is 6.03. The SMILES string of the molecule is O=C(c1ccco1)N1C[C@@H](c2nccs2)[C@@]2(CCN(CC3CC3)C2=O)C1. The van der Waals surface area contributed by atoms with Gasteiger partial charge in [0, 0.05) is 43.7 Å². The molecule has 0 bridgehead atoms. The maximum absolute atomic E-state index is 13.4. The van der Waals surface area contributed by atoms with E-state index < -0.39 is 5.41 Å². The van der Waals surface area contributed by atoms with Crippen LogP contribution in [-0.4, -0.2) is 52.8 Å². The normalized spacial score (nSPS) is 28.5. The molecule has 0 unspecified atom stereocenters. The highest BCUT2D eigenvalue weighted by atomic mass is 32.1. The van der Waals surface area contributed by atoms with Crippen molar-refractivity contribution in [3.63, 3.8) is 0 Å². The van der Waals surface area contributed by atoms with E-state index in [0.29, 0.717) is 24.8 Å². The van der Waals surface area contributed by atoms with Gasteiger partial charge in [0.15, 0.2) is 5.76 Å². The van der Waals surface area contributed by atoms with Gasteiger partial charge >= 0.3 is 0 Å². The molecule has 0 radical (unpaired) electrons. The van der Waals surface area contributed by atoms with E-state index in [1.807, 2.05) is 10.3 Å². The summed E-state index contributed by atoms with van der Waals surface area (Å²) in [5.41, 5.74) is -0.533. The molecule has 2 atom stereocenters.